The number of carbonyl (C=O) groups excluding carboxylic acids is 1. The predicted octanol–water partition coefficient (Wildman–Crippen LogP) is 2.81. The van der Waals surface area contributed by atoms with Crippen LogP contribution in [0.4, 0.5) is 4.39 Å². The molecule has 1 N–H and O–H groups in total. The Balaban J connectivity index is 1.45. The van der Waals surface area contributed by atoms with Crippen molar-refractivity contribution in [3.63, 3.8) is 0 Å². The number of benzene rings is 1. The molecule has 1 aromatic rings. The van der Waals surface area contributed by atoms with Gasteiger partial charge in [-0.15, -0.1) is 0 Å². The van der Waals surface area contributed by atoms with Gasteiger partial charge >= 0.3 is 5.97 Å². The van der Waals surface area contributed by atoms with Gasteiger partial charge in [0.1, 0.15) is 11.9 Å². The van der Waals surface area contributed by atoms with Crippen LogP contribution < -0.4 is 0 Å². The van der Waals surface area contributed by atoms with Crippen molar-refractivity contribution < 1.29 is 19.1 Å². The number of hydrogen-bond acceptors (Lipinski definition) is 3. The highest BCUT2D eigenvalue weighted by atomic mass is 19.1. The molecule has 1 unspecified atom stereocenters. The molecule has 1 aromatic carbocycles. The number of carboxylic acids is 1. The highest BCUT2D eigenvalue weighted by Gasteiger charge is 2.49. The van der Waals surface area contributed by atoms with Crippen molar-refractivity contribution in [2.45, 2.75) is 51.6 Å². The van der Waals surface area contributed by atoms with E-state index in [-0.39, 0.29) is 23.1 Å². The Morgan fingerprint density at radius 3 is 2.52 bits per heavy atom. The Hall–Kier alpha value is -1.95. The number of piperidine rings is 1. The van der Waals surface area contributed by atoms with E-state index in [0.717, 1.165) is 49.9 Å². The zero-order chi connectivity index (χ0) is 19.2. The van der Waals surface area contributed by atoms with E-state index in [1.165, 1.54) is 12.1 Å². The summed E-state index contributed by atoms with van der Waals surface area (Å²) in [5.74, 6) is -0.569. The molecule has 146 valence electrons. The van der Waals surface area contributed by atoms with Crippen LogP contribution in [0.25, 0.3) is 0 Å². The average molecular weight is 374 g/mol. The van der Waals surface area contributed by atoms with E-state index < -0.39 is 12.0 Å². The predicted molar refractivity (Wildman–Crippen MR) is 98.6 cm³/mol. The molecule has 3 fully saturated rings. The van der Waals surface area contributed by atoms with Crippen molar-refractivity contribution in [3.05, 3.63) is 35.1 Å². The maximum atomic E-state index is 13.7. The molecule has 1 aliphatic carbocycles. The maximum Gasteiger partial charge on any atom is 0.320 e. The summed E-state index contributed by atoms with van der Waals surface area (Å²) in [6.07, 6.45) is 4.36. The highest BCUT2D eigenvalue weighted by Crippen LogP contribution is 2.45. The number of carboxylic acid groups (broad SMARTS) is 1. The summed E-state index contributed by atoms with van der Waals surface area (Å²) in [5.41, 5.74) is 1.61. The third-order valence-corrected chi connectivity index (χ3v) is 6.44. The van der Waals surface area contributed by atoms with E-state index in [4.69, 9.17) is 0 Å². The Morgan fingerprint density at radius 2 is 1.93 bits per heavy atom. The second-order valence-electron chi connectivity index (χ2n) is 8.70. The number of carbonyl (C=O) groups is 2. The summed E-state index contributed by atoms with van der Waals surface area (Å²) >= 11 is 0. The molecule has 6 heteroatoms. The molecule has 3 aliphatic rings. The summed E-state index contributed by atoms with van der Waals surface area (Å²) < 4.78 is 13.7. The van der Waals surface area contributed by atoms with Crippen molar-refractivity contribution >= 4 is 11.9 Å². The fraction of sp³-hybridized carbons (Fsp3) is 0.619. The Bertz CT molecular complexity index is 734. The SMILES string of the molecule is Cc1cc(F)cc(CN2CC3(CCN(C(=O)C4CC4)CC3)CC2C(=O)O)c1. The molecule has 1 atom stereocenters. The van der Waals surface area contributed by atoms with E-state index in [9.17, 15) is 19.1 Å². The first-order valence-electron chi connectivity index (χ1n) is 9.87. The van der Waals surface area contributed by atoms with Crippen LogP contribution in [0.1, 0.15) is 43.2 Å². The zero-order valence-corrected chi connectivity index (χ0v) is 15.8. The van der Waals surface area contributed by atoms with Crippen molar-refractivity contribution in [2.24, 2.45) is 11.3 Å². The molecular formula is C21H27FN2O3. The largest absolute Gasteiger partial charge is 0.480 e. The minimum Gasteiger partial charge on any atom is -0.480 e. The number of aliphatic carboxylic acids is 1. The number of hydrogen-bond donors (Lipinski definition) is 1. The lowest BCUT2D eigenvalue weighted by atomic mass is 9.76. The van der Waals surface area contributed by atoms with Crippen LogP contribution in [0.15, 0.2) is 18.2 Å². The van der Waals surface area contributed by atoms with Crippen LogP contribution in [0.2, 0.25) is 0 Å². The van der Waals surface area contributed by atoms with Crippen LogP contribution in [0.5, 0.6) is 0 Å². The lowest BCUT2D eigenvalue weighted by Gasteiger charge is -2.39. The summed E-state index contributed by atoms with van der Waals surface area (Å²) in [6, 6.07) is 4.35. The first-order chi connectivity index (χ1) is 12.8. The fourth-order valence-electron chi connectivity index (χ4n) is 4.84. The summed E-state index contributed by atoms with van der Waals surface area (Å²) in [6.45, 7) is 4.45. The lowest BCUT2D eigenvalue weighted by molar-refractivity contribution is -0.142. The fourth-order valence-corrected chi connectivity index (χ4v) is 4.84. The Kier molecular flexibility index (Phi) is 4.70. The van der Waals surface area contributed by atoms with E-state index in [2.05, 4.69) is 0 Å². The minimum atomic E-state index is -0.809. The zero-order valence-electron chi connectivity index (χ0n) is 15.8. The van der Waals surface area contributed by atoms with Crippen molar-refractivity contribution in [1.29, 1.82) is 0 Å². The van der Waals surface area contributed by atoms with Gasteiger partial charge in [0.15, 0.2) is 0 Å². The maximum absolute atomic E-state index is 13.7. The number of amides is 1. The van der Waals surface area contributed by atoms with Crippen molar-refractivity contribution in [3.8, 4) is 0 Å². The second-order valence-corrected chi connectivity index (χ2v) is 8.70. The van der Waals surface area contributed by atoms with Gasteiger partial charge in [0.25, 0.3) is 0 Å². The topological polar surface area (TPSA) is 60.9 Å². The molecule has 2 heterocycles. The molecule has 5 nitrogen and oxygen atoms in total. The third-order valence-electron chi connectivity index (χ3n) is 6.44. The van der Waals surface area contributed by atoms with Gasteiger partial charge in [0, 0.05) is 32.1 Å². The molecule has 1 amide bonds. The molecule has 0 radical (unpaired) electrons. The van der Waals surface area contributed by atoms with Gasteiger partial charge in [-0.05, 0) is 67.7 Å². The van der Waals surface area contributed by atoms with Crippen molar-refractivity contribution in [1.82, 2.24) is 9.80 Å². The standard InChI is InChI=1S/C21H27FN2O3/c1-14-8-15(10-17(22)9-14)12-24-13-21(11-18(24)20(26)27)4-6-23(7-5-21)19(25)16-2-3-16/h8-10,16,18H,2-7,11-13H2,1H3,(H,26,27). The van der Waals surface area contributed by atoms with Crippen LogP contribution in [-0.2, 0) is 16.1 Å². The molecular weight excluding hydrogens is 347 g/mol. The van der Waals surface area contributed by atoms with Crippen LogP contribution in [0.3, 0.4) is 0 Å². The van der Waals surface area contributed by atoms with Gasteiger partial charge in [0.05, 0.1) is 0 Å². The molecule has 1 saturated carbocycles. The van der Waals surface area contributed by atoms with Crippen molar-refractivity contribution in [2.75, 3.05) is 19.6 Å². The quantitative estimate of drug-likeness (QED) is 0.880. The Labute approximate surface area is 159 Å². The number of rotatable bonds is 4. The number of likely N-dealkylation sites (tertiary alicyclic amines) is 2. The molecule has 27 heavy (non-hydrogen) atoms. The Morgan fingerprint density at radius 1 is 1.22 bits per heavy atom. The highest BCUT2D eigenvalue weighted by molar-refractivity contribution is 5.81. The van der Waals surface area contributed by atoms with Gasteiger partial charge < -0.3 is 10.0 Å². The molecule has 4 rings (SSSR count). The first kappa shape index (κ1) is 18.4. The second kappa shape index (κ2) is 6.89. The van der Waals surface area contributed by atoms with E-state index in [0.29, 0.717) is 19.5 Å². The van der Waals surface area contributed by atoms with Gasteiger partial charge in [-0.2, -0.15) is 0 Å². The van der Waals surface area contributed by atoms with Gasteiger partial charge in [-0.1, -0.05) is 6.07 Å². The van der Waals surface area contributed by atoms with E-state index >= 15 is 0 Å². The first-order valence-corrected chi connectivity index (χ1v) is 9.87. The molecule has 2 saturated heterocycles. The smallest absolute Gasteiger partial charge is 0.320 e. The lowest BCUT2D eigenvalue weighted by Crippen LogP contribution is -2.44. The number of halogens is 1. The summed E-state index contributed by atoms with van der Waals surface area (Å²) in [5, 5.41) is 9.73. The summed E-state index contributed by atoms with van der Waals surface area (Å²) in [4.78, 5) is 28.1. The third kappa shape index (κ3) is 3.86. The number of nitrogens with zero attached hydrogens (tertiary/aromatic N) is 2. The summed E-state index contributed by atoms with van der Waals surface area (Å²) in [7, 11) is 0. The van der Waals surface area contributed by atoms with E-state index in [1.54, 1.807) is 0 Å². The van der Waals surface area contributed by atoms with E-state index in [1.807, 2.05) is 22.8 Å². The van der Waals surface area contributed by atoms with Gasteiger partial charge in [0.2, 0.25) is 5.91 Å². The van der Waals surface area contributed by atoms with Crippen LogP contribution >= 0.6 is 0 Å². The van der Waals surface area contributed by atoms with Gasteiger partial charge in [-0.25, -0.2) is 4.39 Å². The minimum absolute atomic E-state index is 0.0498. The van der Waals surface area contributed by atoms with Crippen LogP contribution in [0, 0.1) is 24.1 Å². The normalized spacial score (nSPS) is 25.1. The monoisotopic (exact) mass is 374 g/mol. The van der Waals surface area contributed by atoms with Crippen LogP contribution in [-0.4, -0.2) is 52.5 Å². The molecule has 1 spiro atoms. The molecule has 2 aliphatic heterocycles. The van der Waals surface area contributed by atoms with Gasteiger partial charge in [-0.3, -0.25) is 14.5 Å². The average Bonchev–Trinajstić information content (AvgIpc) is 3.38. The molecule has 0 aromatic heterocycles. The number of aryl methyl sites for hydroxylation is 1. The molecule has 0 bridgehead atoms.